The molecule has 230 valence electrons. The second kappa shape index (κ2) is 13.3. The predicted octanol–water partition coefficient (Wildman–Crippen LogP) is 4.65. The van der Waals surface area contributed by atoms with Gasteiger partial charge in [-0.25, -0.2) is 11.0 Å². The number of fused-ring (bicyclic) bond motifs is 2. The fourth-order valence-electron chi connectivity index (χ4n) is 5.88. The number of amides is 1. The highest BCUT2D eigenvalue weighted by Crippen LogP contribution is 2.37. The molecule has 44 heavy (non-hydrogen) atoms. The fourth-order valence-corrected chi connectivity index (χ4v) is 6.16. The van der Waals surface area contributed by atoms with Crippen LogP contribution in [0.2, 0.25) is 5.02 Å². The number of carbonyl (C=O) groups excluding carboxylic acids is 1. The molecule has 0 bridgehead atoms. The maximum absolute atomic E-state index is 12.8. The maximum Gasteiger partial charge on any atom is 0.319 e. The van der Waals surface area contributed by atoms with Crippen LogP contribution < -0.4 is 14.5 Å². The molecule has 1 saturated carbocycles. The molecule has 10 nitrogen and oxygen atoms in total. The van der Waals surface area contributed by atoms with Crippen molar-refractivity contribution in [1.29, 1.82) is 0 Å². The molecule has 6 rings (SSSR count). The summed E-state index contributed by atoms with van der Waals surface area (Å²) in [5.74, 6) is 0.475. The Hall–Kier alpha value is -4.01. The second-order valence-corrected chi connectivity index (χ2v) is 11.8. The number of hydrogen-bond acceptors (Lipinski definition) is 8. The quantitative estimate of drug-likeness (QED) is 0.239. The third-order valence-electron chi connectivity index (χ3n) is 8.19. The molecule has 0 unspecified atom stereocenters. The van der Waals surface area contributed by atoms with Crippen LogP contribution in [0.25, 0.3) is 15.6 Å². The molecule has 4 heterocycles. The summed E-state index contributed by atoms with van der Waals surface area (Å²) >= 11 is 6.66. The molecule has 1 saturated heterocycles. The van der Waals surface area contributed by atoms with Crippen LogP contribution >= 0.6 is 11.6 Å². The van der Waals surface area contributed by atoms with Gasteiger partial charge in [-0.3, -0.25) is 9.78 Å². The molecule has 1 aliphatic carbocycles. The highest BCUT2D eigenvalue weighted by atomic mass is 35.5. The van der Waals surface area contributed by atoms with Crippen LogP contribution in [0.4, 0.5) is 15.9 Å². The molecule has 2 aromatic heterocycles. The standard InChI is InChI=1S/C32H35ClFN7O3/c1-21(20-43-24-8-9-24)44-32-37-27-19-39(28-17-36-15-22-5-3-6-26(33)30(22)28)12-10-25(27)31(38-32)40-13-14-41(23(18-40)16-35-2)29(42)7-4-11-34/h3-7,15,17,21,23-24H,8-14,16,18-20H2,1H3/b7-4+/t21-,23-/m0/s1. The van der Waals surface area contributed by atoms with E-state index in [2.05, 4.69) is 19.6 Å². The Morgan fingerprint density at radius 1 is 1.23 bits per heavy atom. The van der Waals surface area contributed by atoms with E-state index in [0.29, 0.717) is 56.9 Å². The molecule has 2 fully saturated rings. The SMILES string of the molecule is [C-]#[N+]C[C@H]1CN(c2nc(O[C@@H](C)COC3CC3)nc3c2CCN(c2cncc4cccc(Cl)c24)C3)CCN1C(=O)/C=C/CF. The van der Waals surface area contributed by atoms with Crippen LogP contribution in [0.15, 0.2) is 42.7 Å². The number of halogens is 2. The lowest BCUT2D eigenvalue weighted by Crippen LogP contribution is -2.56. The maximum atomic E-state index is 12.8. The molecule has 12 heteroatoms. The summed E-state index contributed by atoms with van der Waals surface area (Å²) < 4.78 is 24.8. The first-order chi connectivity index (χ1) is 21.4. The summed E-state index contributed by atoms with van der Waals surface area (Å²) in [6.07, 6.45) is 9.03. The van der Waals surface area contributed by atoms with Crippen molar-refractivity contribution < 1.29 is 18.7 Å². The second-order valence-electron chi connectivity index (χ2n) is 11.4. The molecule has 1 amide bonds. The van der Waals surface area contributed by atoms with Crippen molar-refractivity contribution in [3.8, 4) is 6.01 Å². The Kier molecular flexibility index (Phi) is 9.09. The molecular weight excluding hydrogens is 585 g/mol. The number of pyridine rings is 1. The molecule has 0 radical (unpaired) electrons. The highest BCUT2D eigenvalue weighted by Gasteiger charge is 2.35. The van der Waals surface area contributed by atoms with Crippen molar-refractivity contribution in [2.45, 2.75) is 51.0 Å². The number of anilines is 2. The van der Waals surface area contributed by atoms with Crippen molar-refractivity contribution in [3.05, 3.63) is 70.4 Å². The number of aromatic nitrogens is 3. The van der Waals surface area contributed by atoms with Crippen molar-refractivity contribution in [1.82, 2.24) is 19.9 Å². The molecular formula is C32H35ClFN7O3. The first-order valence-corrected chi connectivity index (χ1v) is 15.4. The zero-order chi connectivity index (χ0) is 30.6. The van der Waals surface area contributed by atoms with Gasteiger partial charge in [-0.15, -0.1) is 0 Å². The van der Waals surface area contributed by atoms with E-state index in [1.165, 1.54) is 12.2 Å². The number of allylic oxidation sites excluding steroid dienone is 1. The van der Waals surface area contributed by atoms with Gasteiger partial charge in [0.05, 0.1) is 41.9 Å². The average Bonchev–Trinajstić information content (AvgIpc) is 3.87. The molecule has 0 N–H and O–H groups in total. The average molecular weight is 620 g/mol. The Morgan fingerprint density at radius 2 is 2.09 bits per heavy atom. The molecule has 3 aromatic rings. The van der Waals surface area contributed by atoms with E-state index in [1.807, 2.05) is 37.5 Å². The number of nitrogens with zero attached hydrogens (tertiary/aromatic N) is 7. The van der Waals surface area contributed by atoms with Gasteiger partial charge in [0, 0.05) is 54.8 Å². The minimum absolute atomic E-state index is 0.139. The van der Waals surface area contributed by atoms with Crippen molar-refractivity contribution >= 4 is 39.8 Å². The zero-order valence-corrected chi connectivity index (χ0v) is 25.4. The number of carbonyl (C=O) groups is 1. The van der Waals surface area contributed by atoms with E-state index in [4.69, 9.17) is 37.6 Å². The summed E-state index contributed by atoms with van der Waals surface area (Å²) in [5.41, 5.74) is 2.81. The predicted molar refractivity (Wildman–Crippen MR) is 167 cm³/mol. The lowest BCUT2D eigenvalue weighted by atomic mass is 10.0. The number of ether oxygens (including phenoxy) is 2. The minimum atomic E-state index is -0.711. The van der Waals surface area contributed by atoms with E-state index < -0.39 is 6.67 Å². The normalized spacial score (nSPS) is 19.2. The Bertz CT molecular complexity index is 1590. The number of piperazine rings is 1. The van der Waals surface area contributed by atoms with Gasteiger partial charge in [-0.1, -0.05) is 23.7 Å². The van der Waals surface area contributed by atoms with Gasteiger partial charge in [0.1, 0.15) is 24.6 Å². The highest BCUT2D eigenvalue weighted by molar-refractivity contribution is 6.36. The molecule has 0 spiro atoms. The van der Waals surface area contributed by atoms with Gasteiger partial charge < -0.3 is 29.0 Å². The topological polar surface area (TPSA) is 88.3 Å². The molecule has 1 aromatic carbocycles. The van der Waals surface area contributed by atoms with Crippen molar-refractivity contribution in [2.75, 3.05) is 55.8 Å². The van der Waals surface area contributed by atoms with E-state index in [-0.39, 0.29) is 30.6 Å². The Balaban J connectivity index is 1.31. The molecule has 2 aliphatic heterocycles. The third kappa shape index (κ3) is 6.56. The summed E-state index contributed by atoms with van der Waals surface area (Å²) in [4.78, 5) is 36.7. The van der Waals surface area contributed by atoms with E-state index in [9.17, 15) is 9.18 Å². The fraction of sp³-hybridized carbons (Fsp3) is 0.469. The van der Waals surface area contributed by atoms with Crippen LogP contribution in [-0.2, 0) is 22.5 Å². The monoisotopic (exact) mass is 619 g/mol. The van der Waals surface area contributed by atoms with Gasteiger partial charge in [-0.2, -0.15) is 9.97 Å². The largest absolute Gasteiger partial charge is 0.458 e. The summed E-state index contributed by atoms with van der Waals surface area (Å²) in [6.45, 7) is 11.9. The van der Waals surface area contributed by atoms with Crippen LogP contribution in [0, 0.1) is 6.57 Å². The number of alkyl halides is 1. The number of hydrogen-bond donors (Lipinski definition) is 0. The molecule has 3 aliphatic rings. The Labute approximate surface area is 261 Å². The van der Waals surface area contributed by atoms with Gasteiger partial charge in [0.2, 0.25) is 12.5 Å². The van der Waals surface area contributed by atoms with Gasteiger partial charge in [0.15, 0.2) is 0 Å². The lowest BCUT2D eigenvalue weighted by Gasteiger charge is -2.41. The molecule has 2 atom stereocenters. The van der Waals surface area contributed by atoms with Crippen LogP contribution in [0.5, 0.6) is 6.01 Å². The number of rotatable bonds is 10. The minimum Gasteiger partial charge on any atom is -0.458 e. The van der Waals surface area contributed by atoms with Crippen LogP contribution in [0.1, 0.15) is 31.0 Å². The first-order valence-electron chi connectivity index (χ1n) is 15.0. The smallest absolute Gasteiger partial charge is 0.319 e. The summed E-state index contributed by atoms with van der Waals surface area (Å²) in [6, 6.07) is 5.73. The van der Waals surface area contributed by atoms with Crippen LogP contribution in [-0.4, -0.2) is 90.0 Å². The van der Waals surface area contributed by atoms with Crippen molar-refractivity contribution in [3.63, 3.8) is 0 Å². The van der Waals surface area contributed by atoms with Gasteiger partial charge >= 0.3 is 6.01 Å². The number of benzene rings is 1. The Morgan fingerprint density at radius 3 is 2.89 bits per heavy atom. The van der Waals surface area contributed by atoms with Crippen LogP contribution in [0.3, 0.4) is 0 Å². The van der Waals surface area contributed by atoms with Gasteiger partial charge in [0.25, 0.3) is 0 Å². The van der Waals surface area contributed by atoms with Gasteiger partial charge in [-0.05, 0) is 38.3 Å². The summed E-state index contributed by atoms with van der Waals surface area (Å²) in [5, 5.41) is 2.59. The van der Waals surface area contributed by atoms with E-state index in [1.54, 1.807) is 4.90 Å². The third-order valence-corrected chi connectivity index (χ3v) is 8.51. The lowest BCUT2D eigenvalue weighted by molar-refractivity contribution is -0.128. The van der Waals surface area contributed by atoms with E-state index >= 15 is 0 Å². The summed E-state index contributed by atoms with van der Waals surface area (Å²) in [7, 11) is 0. The van der Waals surface area contributed by atoms with Crippen molar-refractivity contribution in [2.24, 2.45) is 0 Å². The van der Waals surface area contributed by atoms with E-state index in [0.717, 1.165) is 46.4 Å². The zero-order valence-electron chi connectivity index (χ0n) is 24.7. The first kappa shape index (κ1) is 30.0.